The number of likely N-dealkylation sites (N-methyl/N-ethyl adjacent to an activating group) is 1. The molecule has 2 N–H and O–H groups in total. The van der Waals surface area contributed by atoms with Gasteiger partial charge < -0.3 is 19.9 Å². The van der Waals surface area contributed by atoms with Gasteiger partial charge in [0.05, 0.1) is 13.0 Å². The Kier molecular flexibility index (Phi) is 7.95. The number of hydrogen-bond acceptors (Lipinski definition) is 4. The molecule has 6 nitrogen and oxygen atoms in total. The van der Waals surface area contributed by atoms with Crippen molar-refractivity contribution in [3.63, 3.8) is 0 Å². The molecule has 0 fully saturated rings. The van der Waals surface area contributed by atoms with Gasteiger partial charge in [0.15, 0.2) is 0 Å². The van der Waals surface area contributed by atoms with Crippen molar-refractivity contribution in [3.8, 4) is 0 Å². The first-order chi connectivity index (χ1) is 15.3. The number of nitrogens with one attached hydrogen (secondary N) is 1. The van der Waals surface area contributed by atoms with Gasteiger partial charge in [-0.3, -0.25) is 4.79 Å². The lowest BCUT2D eigenvalue weighted by molar-refractivity contribution is -0.884. The number of carboxylic acid groups (broad SMARTS) is 2. The summed E-state index contributed by atoms with van der Waals surface area (Å²) in [6, 6.07) is 12.9. The van der Waals surface area contributed by atoms with Crippen LogP contribution in [0.1, 0.15) is 51.0 Å². The molecule has 6 heteroatoms. The number of carbonyl (C=O) groups excluding carboxylic acids is 2. The zero-order valence-electron chi connectivity index (χ0n) is 18.4. The number of Topliss-reactive ketones (excluding diaryl/α,β-unsaturated/α-hetero) is 1. The number of carbonyl (C=O) groups is 3. The standard InChI is InChI=1S/C22H25NO.C4H4O4/c1-23(14-16-7-3-2-4-8-16)15-21(24)22-19-11-5-9-17(19)13-18-10-6-12-20(18)22;5-3(6)1-2-4(7)8/h2-4,7-8,13H,5-6,9-12,14-15H2,1H3;1-2H,(H,5,6)(H,7,8)/b;2-1-. The van der Waals surface area contributed by atoms with Crippen LogP contribution in [0.5, 0.6) is 0 Å². The quantitative estimate of drug-likeness (QED) is 0.498. The van der Waals surface area contributed by atoms with Crippen LogP contribution in [-0.4, -0.2) is 36.4 Å². The number of aliphatic carboxylic acids is 2. The molecule has 2 aromatic carbocycles. The Balaban J connectivity index is 0.000000312. The van der Waals surface area contributed by atoms with E-state index in [1.807, 2.05) is 6.07 Å². The molecule has 4 rings (SSSR count). The Hall–Kier alpha value is -3.25. The minimum atomic E-state index is -1.51. The molecule has 0 aromatic heterocycles. The fraction of sp³-hybridized carbons (Fsp3) is 0.346. The van der Waals surface area contributed by atoms with Crippen LogP contribution in [-0.2, 0) is 41.8 Å². The van der Waals surface area contributed by atoms with E-state index in [4.69, 9.17) is 5.11 Å². The predicted molar refractivity (Wildman–Crippen MR) is 119 cm³/mol. The van der Waals surface area contributed by atoms with Crippen molar-refractivity contribution in [2.45, 2.75) is 45.1 Å². The van der Waals surface area contributed by atoms with Gasteiger partial charge in [-0.15, -0.1) is 0 Å². The summed E-state index contributed by atoms with van der Waals surface area (Å²) in [5.41, 5.74) is 8.09. The second-order valence-corrected chi connectivity index (χ2v) is 8.44. The van der Waals surface area contributed by atoms with E-state index in [9.17, 15) is 19.5 Å². The van der Waals surface area contributed by atoms with E-state index in [2.05, 4.69) is 37.4 Å². The van der Waals surface area contributed by atoms with Gasteiger partial charge in [0.25, 0.3) is 0 Å². The lowest BCUT2D eigenvalue weighted by Gasteiger charge is -2.17. The smallest absolute Gasteiger partial charge is 0.328 e. The lowest BCUT2D eigenvalue weighted by Crippen LogP contribution is -3.08. The maximum absolute atomic E-state index is 13.1. The van der Waals surface area contributed by atoms with Crippen molar-refractivity contribution in [2.75, 3.05) is 13.6 Å². The van der Waals surface area contributed by atoms with Crippen molar-refractivity contribution in [1.82, 2.24) is 0 Å². The van der Waals surface area contributed by atoms with Gasteiger partial charge in [-0.05, 0) is 66.9 Å². The molecule has 168 valence electrons. The van der Waals surface area contributed by atoms with Gasteiger partial charge in [0.1, 0.15) is 13.1 Å². The van der Waals surface area contributed by atoms with Crippen molar-refractivity contribution in [2.24, 2.45) is 0 Å². The monoisotopic (exact) mass is 435 g/mol. The van der Waals surface area contributed by atoms with Gasteiger partial charge in [0, 0.05) is 17.2 Å². The summed E-state index contributed by atoms with van der Waals surface area (Å²) < 4.78 is 0. The largest absolute Gasteiger partial charge is 0.545 e. The molecule has 1 unspecified atom stereocenters. The van der Waals surface area contributed by atoms with E-state index in [0.717, 1.165) is 37.8 Å². The highest BCUT2D eigenvalue weighted by atomic mass is 16.4. The normalized spacial score (nSPS) is 14.9. The molecule has 0 saturated carbocycles. The molecule has 0 aliphatic heterocycles. The molecule has 2 aliphatic carbocycles. The minimum Gasteiger partial charge on any atom is -0.545 e. The number of rotatable bonds is 7. The SMILES string of the molecule is C[NH+](CC(=O)c1c2c(cc3c1CCC3)CCC2)Cc1ccccc1.O=C([O-])/C=C\C(=O)O. The fourth-order valence-electron chi connectivity index (χ4n) is 4.66. The number of benzene rings is 2. The third-order valence-electron chi connectivity index (χ3n) is 5.92. The highest BCUT2D eigenvalue weighted by molar-refractivity contribution is 6.00. The van der Waals surface area contributed by atoms with Crippen molar-refractivity contribution in [1.29, 1.82) is 0 Å². The van der Waals surface area contributed by atoms with E-state index in [1.165, 1.54) is 45.6 Å². The van der Waals surface area contributed by atoms with Gasteiger partial charge in [-0.2, -0.15) is 0 Å². The zero-order chi connectivity index (χ0) is 23.1. The molecule has 2 aromatic rings. The molecule has 0 amide bonds. The van der Waals surface area contributed by atoms with E-state index in [-0.39, 0.29) is 0 Å². The third-order valence-corrected chi connectivity index (χ3v) is 5.92. The van der Waals surface area contributed by atoms with Gasteiger partial charge in [-0.25, -0.2) is 4.79 Å². The van der Waals surface area contributed by atoms with Gasteiger partial charge in [0.2, 0.25) is 5.78 Å². The number of hydrogen-bond donors (Lipinski definition) is 2. The Morgan fingerprint density at radius 1 is 0.969 bits per heavy atom. The van der Waals surface area contributed by atoms with Crippen LogP contribution < -0.4 is 10.0 Å². The summed E-state index contributed by atoms with van der Waals surface area (Å²) in [6.45, 7) is 1.50. The highest BCUT2D eigenvalue weighted by Crippen LogP contribution is 2.35. The average Bonchev–Trinajstić information content (AvgIpc) is 3.40. The molecule has 2 aliphatic rings. The Morgan fingerprint density at radius 3 is 2.06 bits per heavy atom. The molecule has 0 spiro atoms. The van der Waals surface area contributed by atoms with E-state index < -0.39 is 11.9 Å². The number of fused-ring (bicyclic) bond motifs is 2. The first-order valence-electron chi connectivity index (χ1n) is 11.0. The van der Waals surface area contributed by atoms with Gasteiger partial charge >= 0.3 is 5.97 Å². The number of aryl methyl sites for hydroxylation is 2. The van der Waals surface area contributed by atoms with Crippen molar-refractivity contribution >= 4 is 17.7 Å². The zero-order valence-corrected chi connectivity index (χ0v) is 18.4. The molecular weight excluding hydrogens is 406 g/mol. The molecule has 0 bridgehead atoms. The summed E-state index contributed by atoms with van der Waals surface area (Å²) in [5.74, 6) is -2.44. The van der Waals surface area contributed by atoms with E-state index >= 15 is 0 Å². The van der Waals surface area contributed by atoms with Crippen LogP contribution >= 0.6 is 0 Å². The van der Waals surface area contributed by atoms with Crippen molar-refractivity contribution < 1.29 is 29.5 Å². The van der Waals surface area contributed by atoms with E-state index in [1.54, 1.807) is 0 Å². The van der Waals surface area contributed by atoms with Gasteiger partial charge in [-0.1, -0.05) is 36.4 Å². The molecule has 32 heavy (non-hydrogen) atoms. The van der Waals surface area contributed by atoms with E-state index in [0.29, 0.717) is 24.5 Å². The third kappa shape index (κ3) is 6.14. The second kappa shape index (κ2) is 10.9. The maximum atomic E-state index is 13.1. The maximum Gasteiger partial charge on any atom is 0.328 e. The molecular formula is C26H29NO5. The lowest BCUT2D eigenvalue weighted by atomic mass is 9.91. The van der Waals surface area contributed by atoms with Crippen LogP contribution in [0, 0.1) is 0 Å². The Bertz CT molecular complexity index is 978. The molecule has 0 radical (unpaired) electrons. The first kappa shape index (κ1) is 23.4. The topological polar surface area (TPSA) is 98.9 Å². The van der Waals surface area contributed by atoms with Crippen LogP contribution in [0.3, 0.4) is 0 Å². The van der Waals surface area contributed by atoms with Crippen LogP contribution in [0.15, 0.2) is 48.6 Å². The second-order valence-electron chi connectivity index (χ2n) is 8.44. The molecule has 0 saturated heterocycles. The fourth-order valence-corrected chi connectivity index (χ4v) is 4.66. The summed E-state index contributed by atoms with van der Waals surface area (Å²) in [6.07, 6.45) is 7.89. The summed E-state index contributed by atoms with van der Waals surface area (Å²) in [7, 11) is 2.13. The summed E-state index contributed by atoms with van der Waals surface area (Å²) in [4.78, 5) is 33.4. The highest BCUT2D eigenvalue weighted by Gasteiger charge is 2.28. The molecule has 1 atom stereocenters. The number of ketones is 1. The van der Waals surface area contributed by atoms with Crippen LogP contribution in [0.2, 0.25) is 0 Å². The van der Waals surface area contributed by atoms with Crippen molar-refractivity contribution in [3.05, 3.63) is 81.9 Å². The Morgan fingerprint density at radius 2 is 1.56 bits per heavy atom. The minimum absolute atomic E-state index is 0.361. The summed E-state index contributed by atoms with van der Waals surface area (Å²) in [5, 5.41) is 17.2. The molecule has 0 heterocycles. The van der Waals surface area contributed by atoms with Crippen LogP contribution in [0.25, 0.3) is 0 Å². The number of carboxylic acids is 2. The van der Waals surface area contributed by atoms with Crippen LogP contribution in [0.4, 0.5) is 0 Å². The average molecular weight is 436 g/mol. The summed E-state index contributed by atoms with van der Waals surface area (Å²) >= 11 is 0. The predicted octanol–water partition coefficient (Wildman–Crippen LogP) is 0.939. The Labute approximate surface area is 188 Å². The number of quaternary nitrogens is 1. The first-order valence-corrected chi connectivity index (χ1v) is 11.0.